The van der Waals surface area contributed by atoms with E-state index >= 15 is 0 Å². The molecule has 3 rings (SSSR count). The van der Waals surface area contributed by atoms with Gasteiger partial charge in [0.1, 0.15) is 11.8 Å². The molecule has 1 N–H and O–H groups in total. The average Bonchev–Trinajstić information content (AvgIpc) is 2.90. The van der Waals surface area contributed by atoms with Gasteiger partial charge in [0.25, 0.3) is 5.91 Å². The molecule has 38 heavy (non-hydrogen) atoms. The second-order valence-electron chi connectivity index (χ2n) is 10.7. The Balaban J connectivity index is 1.94. The summed E-state index contributed by atoms with van der Waals surface area (Å²) in [7, 11) is 0. The summed E-state index contributed by atoms with van der Waals surface area (Å²) in [5, 5.41) is 3.10. The molecule has 0 unspecified atom stereocenters. The van der Waals surface area contributed by atoms with Crippen molar-refractivity contribution >= 4 is 27.7 Å². The van der Waals surface area contributed by atoms with Crippen LogP contribution in [0.2, 0.25) is 0 Å². The second-order valence-corrected chi connectivity index (χ2v) is 11.6. The van der Waals surface area contributed by atoms with Crippen molar-refractivity contribution in [3.63, 3.8) is 0 Å². The number of halogens is 1. The summed E-state index contributed by atoms with van der Waals surface area (Å²) in [5.41, 5.74) is 2.82. The number of para-hydroxylation sites is 1. The zero-order chi connectivity index (χ0) is 27.7. The third kappa shape index (κ3) is 8.45. The van der Waals surface area contributed by atoms with Crippen molar-refractivity contribution in [2.75, 3.05) is 6.61 Å². The molecule has 0 radical (unpaired) electrons. The molecule has 0 aliphatic heterocycles. The van der Waals surface area contributed by atoms with E-state index in [0.717, 1.165) is 27.6 Å². The molecule has 5 nitrogen and oxygen atoms in total. The van der Waals surface area contributed by atoms with Crippen molar-refractivity contribution in [1.82, 2.24) is 10.2 Å². The first-order chi connectivity index (χ1) is 18.1. The van der Waals surface area contributed by atoms with E-state index in [2.05, 4.69) is 42.0 Å². The van der Waals surface area contributed by atoms with Gasteiger partial charge in [-0.15, -0.1) is 0 Å². The van der Waals surface area contributed by atoms with E-state index in [1.807, 2.05) is 92.7 Å². The average molecular weight is 580 g/mol. The molecular weight excluding hydrogens is 540 g/mol. The van der Waals surface area contributed by atoms with Crippen LogP contribution in [0.1, 0.15) is 57.7 Å². The zero-order valence-electron chi connectivity index (χ0n) is 23.0. The lowest BCUT2D eigenvalue weighted by atomic mass is 9.86. The Hall–Kier alpha value is -3.12. The molecule has 6 heteroatoms. The number of carbonyl (C=O) groups is 2. The maximum absolute atomic E-state index is 13.9. The summed E-state index contributed by atoms with van der Waals surface area (Å²) in [5.74, 6) is 0.279. The zero-order valence-corrected chi connectivity index (χ0v) is 24.6. The topological polar surface area (TPSA) is 58.6 Å². The lowest BCUT2D eigenvalue weighted by molar-refractivity contribution is -0.143. The molecular formula is C32H39BrN2O3. The number of ether oxygens (including phenoxy) is 1. The maximum atomic E-state index is 13.9. The first kappa shape index (κ1) is 29.4. The van der Waals surface area contributed by atoms with Crippen LogP contribution in [0.25, 0.3) is 0 Å². The molecule has 0 heterocycles. The van der Waals surface area contributed by atoms with Gasteiger partial charge in [-0.25, -0.2) is 0 Å². The van der Waals surface area contributed by atoms with Gasteiger partial charge in [-0.2, -0.15) is 0 Å². The smallest absolute Gasteiger partial charge is 0.261 e. The highest BCUT2D eigenvalue weighted by Gasteiger charge is 2.31. The van der Waals surface area contributed by atoms with Crippen molar-refractivity contribution in [2.45, 2.75) is 71.5 Å². The lowest BCUT2D eigenvalue weighted by Crippen LogP contribution is -2.53. The molecule has 2 atom stereocenters. The number of hydrogen-bond donors (Lipinski definition) is 1. The van der Waals surface area contributed by atoms with Crippen LogP contribution >= 0.6 is 15.9 Å². The Kier molecular flexibility index (Phi) is 10.5. The van der Waals surface area contributed by atoms with Gasteiger partial charge in [0.05, 0.1) is 0 Å². The minimum absolute atomic E-state index is 0.000295. The van der Waals surface area contributed by atoms with Crippen molar-refractivity contribution < 1.29 is 14.3 Å². The summed E-state index contributed by atoms with van der Waals surface area (Å²) < 4.78 is 7.07. The normalized spacial score (nSPS) is 12.9. The third-order valence-corrected chi connectivity index (χ3v) is 7.11. The van der Waals surface area contributed by atoms with Crippen LogP contribution in [0.4, 0.5) is 0 Å². The van der Waals surface area contributed by atoms with E-state index in [1.165, 1.54) is 0 Å². The molecule has 0 aromatic heterocycles. The van der Waals surface area contributed by atoms with E-state index in [4.69, 9.17) is 4.74 Å². The quantitative estimate of drug-likeness (QED) is 0.276. The number of carbonyl (C=O) groups excluding carboxylic acids is 2. The number of nitrogens with one attached hydrogen (secondary N) is 1. The molecule has 0 saturated heterocycles. The summed E-state index contributed by atoms with van der Waals surface area (Å²) in [6, 6.07) is 24.8. The molecule has 3 aromatic rings. The van der Waals surface area contributed by atoms with Crippen molar-refractivity contribution in [2.24, 2.45) is 0 Å². The fraction of sp³-hybridized carbons (Fsp3) is 0.375. The second kappa shape index (κ2) is 13.6. The van der Waals surface area contributed by atoms with Crippen LogP contribution < -0.4 is 10.1 Å². The van der Waals surface area contributed by atoms with Crippen LogP contribution in [0, 0.1) is 0 Å². The molecule has 0 spiro atoms. The summed E-state index contributed by atoms with van der Waals surface area (Å²) >= 11 is 3.48. The van der Waals surface area contributed by atoms with Gasteiger partial charge >= 0.3 is 0 Å². The number of benzene rings is 3. The van der Waals surface area contributed by atoms with E-state index in [0.29, 0.717) is 18.7 Å². The van der Waals surface area contributed by atoms with Crippen molar-refractivity contribution in [3.8, 4) is 5.75 Å². The van der Waals surface area contributed by atoms with Gasteiger partial charge in [0, 0.05) is 23.5 Å². The van der Waals surface area contributed by atoms with E-state index in [1.54, 1.807) is 4.90 Å². The Morgan fingerprint density at radius 2 is 1.55 bits per heavy atom. The van der Waals surface area contributed by atoms with Crippen LogP contribution in [0.3, 0.4) is 0 Å². The predicted molar refractivity (Wildman–Crippen MR) is 157 cm³/mol. The summed E-state index contributed by atoms with van der Waals surface area (Å²) in [6.45, 7) is 10.5. The number of amides is 2. The molecule has 0 bridgehead atoms. The van der Waals surface area contributed by atoms with Gasteiger partial charge < -0.3 is 15.0 Å². The third-order valence-electron chi connectivity index (χ3n) is 6.58. The standard InChI is InChI=1S/C32H39BrN2O3/c1-6-23(2)34-31(37)28(20-24-12-8-7-9-13-24)35(21-25-16-18-26(33)19-17-25)30(36)22-38-29-15-11-10-14-27(29)32(3,4)5/h7-19,23,28H,6,20-22H2,1-5H3,(H,34,37)/t23-,28-/m1/s1. The largest absolute Gasteiger partial charge is 0.483 e. The summed E-state index contributed by atoms with van der Waals surface area (Å²) in [4.78, 5) is 29.1. The molecule has 0 aliphatic rings. The molecule has 0 aliphatic carbocycles. The summed E-state index contributed by atoms with van der Waals surface area (Å²) in [6.07, 6.45) is 1.21. The lowest BCUT2D eigenvalue weighted by Gasteiger charge is -2.32. The molecule has 3 aromatic carbocycles. The number of rotatable bonds is 11. The van der Waals surface area contributed by atoms with E-state index in [-0.39, 0.29) is 29.9 Å². The van der Waals surface area contributed by atoms with E-state index in [9.17, 15) is 9.59 Å². The molecule has 202 valence electrons. The number of hydrogen-bond acceptors (Lipinski definition) is 3. The predicted octanol–water partition coefficient (Wildman–Crippen LogP) is 6.68. The number of nitrogens with zero attached hydrogens (tertiary/aromatic N) is 1. The Labute approximate surface area is 235 Å². The fourth-order valence-electron chi connectivity index (χ4n) is 4.22. The molecule has 0 fully saturated rings. The first-order valence-electron chi connectivity index (χ1n) is 13.2. The maximum Gasteiger partial charge on any atom is 0.261 e. The molecule has 0 saturated carbocycles. The minimum Gasteiger partial charge on any atom is -0.483 e. The molecule has 2 amide bonds. The van der Waals surface area contributed by atoms with Crippen molar-refractivity contribution in [1.29, 1.82) is 0 Å². The Bertz CT molecular complexity index is 1190. The van der Waals surface area contributed by atoms with E-state index < -0.39 is 6.04 Å². The highest BCUT2D eigenvalue weighted by Crippen LogP contribution is 2.31. The van der Waals surface area contributed by atoms with Gasteiger partial charge in [0.15, 0.2) is 6.61 Å². The first-order valence-corrected chi connectivity index (χ1v) is 14.0. The van der Waals surface area contributed by atoms with Gasteiger partial charge in [-0.3, -0.25) is 9.59 Å². The van der Waals surface area contributed by atoms with Gasteiger partial charge in [0.2, 0.25) is 5.91 Å². The highest BCUT2D eigenvalue weighted by molar-refractivity contribution is 9.10. The monoisotopic (exact) mass is 578 g/mol. The van der Waals surface area contributed by atoms with Crippen molar-refractivity contribution in [3.05, 3.63) is 100 Å². The van der Waals surface area contributed by atoms with Crippen LogP contribution in [-0.2, 0) is 28.0 Å². The van der Waals surface area contributed by atoms with Gasteiger partial charge in [-0.1, -0.05) is 104 Å². The Morgan fingerprint density at radius 1 is 0.921 bits per heavy atom. The SMILES string of the molecule is CC[C@@H](C)NC(=O)[C@@H](Cc1ccccc1)N(Cc1ccc(Br)cc1)C(=O)COc1ccccc1C(C)(C)C. The fourth-order valence-corrected chi connectivity index (χ4v) is 4.48. The van der Waals surface area contributed by atoms with Crippen LogP contribution in [-0.4, -0.2) is 35.4 Å². The van der Waals surface area contributed by atoms with Gasteiger partial charge in [-0.05, 0) is 53.6 Å². The Morgan fingerprint density at radius 3 is 2.18 bits per heavy atom. The minimum atomic E-state index is -0.691. The highest BCUT2D eigenvalue weighted by atomic mass is 79.9. The van der Waals surface area contributed by atoms with Crippen LogP contribution in [0.15, 0.2) is 83.3 Å². The van der Waals surface area contributed by atoms with Crippen LogP contribution in [0.5, 0.6) is 5.75 Å².